The molecule has 1 aromatic heterocycles. The molecule has 2 amide bonds. The summed E-state index contributed by atoms with van der Waals surface area (Å²) in [5.74, 6) is -0.717. The van der Waals surface area contributed by atoms with Gasteiger partial charge in [0.25, 0.3) is 11.8 Å². The highest BCUT2D eigenvalue weighted by atomic mass is 16.2. The Kier molecular flexibility index (Phi) is 4.83. The predicted octanol–water partition coefficient (Wildman–Crippen LogP) is 3.74. The van der Waals surface area contributed by atoms with E-state index in [1.54, 1.807) is 10.7 Å². The minimum atomic E-state index is -0.556. The maximum atomic E-state index is 12.5. The van der Waals surface area contributed by atoms with Crippen LogP contribution in [0.5, 0.6) is 0 Å². The van der Waals surface area contributed by atoms with Crippen molar-refractivity contribution in [1.82, 2.24) is 9.78 Å². The first-order valence-corrected chi connectivity index (χ1v) is 9.23. The van der Waals surface area contributed by atoms with Crippen molar-refractivity contribution >= 4 is 28.4 Å². The second-order valence-electron chi connectivity index (χ2n) is 6.91. The SMILES string of the molecule is Cc1cccc(C(=O)Nc2cccc(Cn3nc(C(N)=O)c4ccccc43)c2)c1. The number of hydrogen-bond donors (Lipinski definition) is 2. The Labute approximate surface area is 168 Å². The molecule has 6 heteroatoms. The van der Waals surface area contributed by atoms with Crippen molar-refractivity contribution in [2.75, 3.05) is 5.32 Å². The molecule has 0 radical (unpaired) electrons. The number of aryl methyl sites for hydroxylation is 1. The number of carbonyl (C=O) groups is 2. The van der Waals surface area contributed by atoms with Crippen molar-refractivity contribution in [3.63, 3.8) is 0 Å². The van der Waals surface area contributed by atoms with Gasteiger partial charge in [0.15, 0.2) is 5.69 Å². The Morgan fingerprint density at radius 1 is 1.00 bits per heavy atom. The molecule has 0 aliphatic rings. The summed E-state index contributed by atoms with van der Waals surface area (Å²) in [4.78, 5) is 24.2. The normalized spacial score (nSPS) is 10.8. The number of nitrogens with one attached hydrogen (secondary N) is 1. The number of fused-ring (bicyclic) bond motifs is 1. The van der Waals surface area contributed by atoms with Gasteiger partial charge in [-0.25, -0.2) is 0 Å². The zero-order valence-corrected chi connectivity index (χ0v) is 15.9. The highest BCUT2D eigenvalue weighted by Gasteiger charge is 2.14. The molecule has 0 unspecified atom stereocenters. The zero-order valence-electron chi connectivity index (χ0n) is 15.9. The minimum absolute atomic E-state index is 0.161. The van der Waals surface area contributed by atoms with Crippen LogP contribution in [0.15, 0.2) is 72.8 Å². The van der Waals surface area contributed by atoms with Gasteiger partial charge in [-0.3, -0.25) is 14.3 Å². The van der Waals surface area contributed by atoms with Gasteiger partial charge in [-0.05, 0) is 42.8 Å². The van der Waals surface area contributed by atoms with Crippen LogP contribution in [0.25, 0.3) is 10.9 Å². The summed E-state index contributed by atoms with van der Waals surface area (Å²) in [6, 6.07) is 22.5. The maximum absolute atomic E-state index is 12.5. The standard InChI is InChI=1S/C23H20N4O2/c1-15-6-4-8-17(12-15)23(29)25-18-9-5-7-16(13-18)14-27-20-11-3-2-10-19(20)21(26-27)22(24)28/h2-13H,14H2,1H3,(H2,24,28)(H,25,29). The fraction of sp³-hybridized carbons (Fsp3) is 0.0870. The molecule has 0 atom stereocenters. The van der Waals surface area contributed by atoms with Gasteiger partial charge in [0, 0.05) is 16.6 Å². The van der Waals surface area contributed by atoms with Crippen LogP contribution < -0.4 is 11.1 Å². The van der Waals surface area contributed by atoms with Gasteiger partial charge in [-0.15, -0.1) is 0 Å². The molecule has 0 aliphatic carbocycles. The van der Waals surface area contributed by atoms with Crippen LogP contribution in [0, 0.1) is 6.92 Å². The fourth-order valence-corrected chi connectivity index (χ4v) is 3.34. The molecule has 1 heterocycles. The number of hydrogen-bond acceptors (Lipinski definition) is 3. The van der Waals surface area contributed by atoms with E-state index < -0.39 is 5.91 Å². The number of para-hydroxylation sites is 1. The molecule has 0 spiro atoms. The highest BCUT2D eigenvalue weighted by Crippen LogP contribution is 2.20. The van der Waals surface area contributed by atoms with E-state index in [0.717, 1.165) is 22.0 Å². The number of nitrogens with two attached hydrogens (primary N) is 1. The summed E-state index contributed by atoms with van der Waals surface area (Å²) in [6.45, 7) is 2.40. The summed E-state index contributed by atoms with van der Waals surface area (Å²) < 4.78 is 1.75. The molecular weight excluding hydrogens is 364 g/mol. The summed E-state index contributed by atoms with van der Waals surface area (Å²) in [6.07, 6.45) is 0. The van der Waals surface area contributed by atoms with Gasteiger partial charge >= 0.3 is 0 Å². The van der Waals surface area contributed by atoms with E-state index in [2.05, 4.69) is 10.4 Å². The molecule has 0 aliphatic heterocycles. The number of rotatable bonds is 5. The smallest absolute Gasteiger partial charge is 0.269 e. The molecule has 4 rings (SSSR count). The van der Waals surface area contributed by atoms with E-state index in [1.807, 2.05) is 73.7 Å². The highest BCUT2D eigenvalue weighted by molar-refractivity contribution is 6.05. The van der Waals surface area contributed by atoms with Crippen LogP contribution >= 0.6 is 0 Å². The van der Waals surface area contributed by atoms with Gasteiger partial charge in [-0.1, -0.05) is 48.0 Å². The van der Waals surface area contributed by atoms with Crippen molar-refractivity contribution in [1.29, 1.82) is 0 Å². The number of aromatic nitrogens is 2. The molecule has 3 aromatic carbocycles. The quantitative estimate of drug-likeness (QED) is 0.549. The molecule has 3 N–H and O–H groups in total. The van der Waals surface area contributed by atoms with Gasteiger partial charge < -0.3 is 11.1 Å². The van der Waals surface area contributed by atoms with Crippen LogP contribution in [0.3, 0.4) is 0 Å². The number of benzene rings is 3. The molecule has 6 nitrogen and oxygen atoms in total. The largest absolute Gasteiger partial charge is 0.364 e. The first kappa shape index (κ1) is 18.4. The summed E-state index contributed by atoms with van der Waals surface area (Å²) in [7, 11) is 0. The zero-order chi connectivity index (χ0) is 20.4. The average molecular weight is 384 g/mol. The third kappa shape index (κ3) is 3.87. The molecule has 0 bridgehead atoms. The Bertz CT molecular complexity index is 1230. The van der Waals surface area contributed by atoms with Gasteiger partial charge in [0.05, 0.1) is 12.1 Å². The average Bonchev–Trinajstić information content (AvgIpc) is 3.07. The van der Waals surface area contributed by atoms with Crippen molar-refractivity contribution in [3.8, 4) is 0 Å². The van der Waals surface area contributed by atoms with Crippen LogP contribution in [0.2, 0.25) is 0 Å². The van der Waals surface area contributed by atoms with Crippen molar-refractivity contribution in [3.05, 3.63) is 95.2 Å². The summed E-state index contributed by atoms with van der Waals surface area (Å²) in [5, 5.41) is 8.04. The van der Waals surface area contributed by atoms with Crippen molar-refractivity contribution in [2.45, 2.75) is 13.5 Å². The Balaban J connectivity index is 1.59. The van der Waals surface area contributed by atoms with E-state index >= 15 is 0 Å². The lowest BCUT2D eigenvalue weighted by molar-refractivity contribution is 0.0994. The molecule has 0 fully saturated rings. The number of nitrogens with zero attached hydrogens (tertiary/aromatic N) is 2. The Hall–Kier alpha value is -3.93. The lowest BCUT2D eigenvalue weighted by Crippen LogP contribution is -2.13. The fourth-order valence-electron chi connectivity index (χ4n) is 3.34. The molecule has 0 saturated carbocycles. The van der Waals surface area contributed by atoms with E-state index in [9.17, 15) is 9.59 Å². The second kappa shape index (κ2) is 7.59. The van der Waals surface area contributed by atoms with Crippen molar-refractivity contribution in [2.24, 2.45) is 5.73 Å². The summed E-state index contributed by atoms with van der Waals surface area (Å²) >= 11 is 0. The number of amides is 2. The minimum Gasteiger partial charge on any atom is -0.364 e. The predicted molar refractivity (Wildman–Crippen MR) is 113 cm³/mol. The van der Waals surface area contributed by atoms with E-state index in [0.29, 0.717) is 17.8 Å². The van der Waals surface area contributed by atoms with Crippen molar-refractivity contribution < 1.29 is 9.59 Å². The van der Waals surface area contributed by atoms with Gasteiger partial charge in [-0.2, -0.15) is 5.10 Å². The van der Waals surface area contributed by atoms with Crippen LogP contribution in [-0.4, -0.2) is 21.6 Å². The first-order chi connectivity index (χ1) is 14.0. The number of carbonyl (C=O) groups excluding carboxylic acids is 2. The molecule has 0 saturated heterocycles. The Morgan fingerprint density at radius 2 is 1.79 bits per heavy atom. The molecule has 144 valence electrons. The molecular formula is C23H20N4O2. The van der Waals surface area contributed by atoms with Crippen LogP contribution in [0.4, 0.5) is 5.69 Å². The van der Waals surface area contributed by atoms with E-state index in [1.165, 1.54) is 0 Å². The number of primary amides is 1. The topological polar surface area (TPSA) is 90.0 Å². The van der Waals surface area contributed by atoms with Gasteiger partial charge in [0.2, 0.25) is 0 Å². The third-order valence-corrected chi connectivity index (χ3v) is 4.69. The summed E-state index contributed by atoms with van der Waals surface area (Å²) in [5.41, 5.74) is 9.83. The van der Waals surface area contributed by atoms with Crippen LogP contribution in [0.1, 0.15) is 32.0 Å². The first-order valence-electron chi connectivity index (χ1n) is 9.23. The third-order valence-electron chi connectivity index (χ3n) is 4.69. The molecule has 4 aromatic rings. The lowest BCUT2D eigenvalue weighted by Gasteiger charge is -2.09. The second-order valence-corrected chi connectivity index (χ2v) is 6.91. The van der Waals surface area contributed by atoms with E-state index in [4.69, 9.17) is 5.73 Å². The van der Waals surface area contributed by atoms with Crippen LogP contribution in [-0.2, 0) is 6.54 Å². The monoisotopic (exact) mass is 384 g/mol. The molecule has 29 heavy (non-hydrogen) atoms. The van der Waals surface area contributed by atoms with E-state index in [-0.39, 0.29) is 11.6 Å². The Morgan fingerprint density at radius 3 is 2.59 bits per heavy atom. The lowest BCUT2D eigenvalue weighted by atomic mass is 10.1. The van der Waals surface area contributed by atoms with Gasteiger partial charge in [0.1, 0.15) is 0 Å². The maximum Gasteiger partial charge on any atom is 0.269 e. The number of anilines is 1.